The zero-order valence-corrected chi connectivity index (χ0v) is 14.8. The second kappa shape index (κ2) is 7.17. The number of amides is 1. The van der Waals surface area contributed by atoms with Crippen LogP contribution in [0.1, 0.15) is 40.6 Å². The van der Waals surface area contributed by atoms with Crippen LogP contribution in [0, 0.1) is 0 Å². The largest absolute Gasteiger partial charge is 0.351 e. The van der Waals surface area contributed by atoms with Gasteiger partial charge in [0, 0.05) is 48.4 Å². The molecule has 0 bridgehead atoms. The van der Waals surface area contributed by atoms with Crippen molar-refractivity contribution in [1.29, 1.82) is 0 Å². The summed E-state index contributed by atoms with van der Waals surface area (Å²) in [6.07, 6.45) is 7.54. The molecule has 8 heteroatoms. The van der Waals surface area contributed by atoms with Crippen molar-refractivity contribution in [3.8, 4) is 10.6 Å². The summed E-state index contributed by atoms with van der Waals surface area (Å²) in [5.74, 6) is 0.610. The average Bonchev–Trinajstić information content (AvgIpc) is 3.41. The highest BCUT2D eigenvalue weighted by Gasteiger charge is 2.26. The first kappa shape index (κ1) is 16.6. The lowest BCUT2D eigenvalue weighted by atomic mass is 10.2. The third-order valence-corrected chi connectivity index (χ3v) is 5.09. The summed E-state index contributed by atoms with van der Waals surface area (Å²) >= 11 is 1.54. The van der Waals surface area contributed by atoms with Crippen molar-refractivity contribution in [2.24, 2.45) is 0 Å². The number of nitrogens with one attached hydrogen (secondary N) is 2. The Morgan fingerprint density at radius 3 is 2.96 bits per heavy atom. The number of thiazole rings is 1. The Hall–Kier alpha value is -2.87. The summed E-state index contributed by atoms with van der Waals surface area (Å²) in [5.41, 5.74) is 1.53. The van der Waals surface area contributed by atoms with Gasteiger partial charge in [-0.05, 0) is 25.0 Å². The minimum atomic E-state index is -0.413. The first-order valence-electron chi connectivity index (χ1n) is 8.43. The van der Waals surface area contributed by atoms with Gasteiger partial charge in [-0.25, -0.2) is 9.97 Å². The van der Waals surface area contributed by atoms with E-state index in [1.165, 1.54) is 6.20 Å². The molecule has 1 aliphatic carbocycles. The zero-order valence-electron chi connectivity index (χ0n) is 13.9. The Bertz CT molecular complexity index is 979. The number of carbonyl (C=O) groups is 1. The number of rotatable bonds is 6. The number of aromatic amines is 1. The molecule has 0 spiro atoms. The van der Waals surface area contributed by atoms with Crippen molar-refractivity contribution in [3.05, 3.63) is 63.5 Å². The van der Waals surface area contributed by atoms with Crippen molar-refractivity contribution in [2.45, 2.75) is 25.2 Å². The molecule has 3 aromatic heterocycles. The normalized spacial score (nSPS) is 13.5. The topological polar surface area (TPSA) is 101 Å². The van der Waals surface area contributed by atoms with Gasteiger partial charge >= 0.3 is 0 Å². The van der Waals surface area contributed by atoms with Crippen molar-refractivity contribution in [2.75, 3.05) is 6.54 Å². The molecule has 0 aliphatic heterocycles. The number of H-pyrrole nitrogens is 1. The Kier molecular flexibility index (Phi) is 4.57. The van der Waals surface area contributed by atoms with Crippen LogP contribution < -0.4 is 10.9 Å². The third kappa shape index (κ3) is 3.70. The van der Waals surface area contributed by atoms with Gasteiger partial charge in [-0.1, -0.05) is 0 Å². The second-order valence-electron chi connectivity index (χ2n) is 6.18. The highest BCUT2D eigenvalue weighted by molar-refractivity contribution is 7.13. The van der Waals surface area contributed by atoms with Crippen molar-refractivity contribution < 1.29 is 4.79 Å². The third-order valence-electron chi connectivity index (χ3n) is 4.15. The molecule has 0 aromatic carbocycles. The Balaban J connectivity index is 1.34. The summed E-state index contributed by atoms with van der Waals surface area (Å²) in [7, 11) is 0. The Labute approximate surface area is 153 Å². The number of aromatic nitrogens is 4. The molecule has 1 fully saturated rings. The molecule has 0 saturated heterocycles. The lowest BCUT2D eigenvalue weighted by molar-refractivity contribution is 0.0952. The van der Waals surface area contributed by atoms with Crippen LogP contribution in [0.3, 0.4) is 0 Å². The molecule has 1 saturated carbocycles. The van der Waals surface area contributed by atoms with Crippen LogP contribution in [-0.2, 0) is 6.42 Å². The highest BCUT2D eigenvalue weighted by atomic mass is 32.1. The van der Waals surface area contributed by atoms with Gasteiger partial charge in [-0.3, -0.25) is 14.6 Å². The number of pyridine rings is 1. The summed E-state index contributed by atoms with van der Waals surface area (Å²) < 4.78 is 0. The number of nitrogens with zero attached hydrogens (tertiary/aromatic N) is 3. The fourth-order valence-corrected chi connectivity index (χ4v) is 3.42. The SMILES string of the molecule is O=C(NCCc1csc(-c2cccnc2)n1)c1cnc(C2CC2)[nH]c1=O. The highest BCUT2D eigenvalue weighted by Crippen LogP contribution is 2.37. The van der Waals surface area contributed by atoms with E-state index in [9.17, 15) is 9.59 Å². The molecule has 1 amide bonds. The molecule has 0 radical (unpaired) electrons. The van der Waals surface area contributed by atoms with Crippen LogP contribution in [-0.4, -0.2) is 32.4 Å². The molecule has 3 heterocycles. The maximum Gasteiger partial charge on any atom is 0.263 e. The molecule has 2 N–H and O–H groups in total. The molecule has 0 unspecified atom stereocenters. The maximum atomic E-state index is 12.2. The van der Waals surface area contributed by atoms with Crippen LogP contribution in [0.5, 0.6) is 0 Å². The van der Waals surface area contributed by atoms with Gasteiger partial charge in [0.05, 0.1) is 5.69 Å². The van der Waals surface area contributed by atoms with E-state index in [4.69, 9.17) is 0 Å². The minimum Gasteiger partial charge on any atom is -0.351 e. The van der Waals surface area contributed by atoms with Crippen LogP contribution >= 0.6 is 11.3 Å². The van der Waals surface area contributed by atoms with Gasteiger partial charge in [0.15, 0.2) is 0 Å². The van der Waals surface area contributed by atoms with E-state index >= 15 is 0 Å². The first-order chi connectivity index (χ1) is 12.7. The van der Waals surface area contributed by atoms with Crippen molar-refractivity contribution in [1.82, 2.24) is 25.3 Å². The van der Waals surface area contributed by atoms with E-state index in [0.29, 0.717) is 24.7 Å². The number of carbonyl (C=O) groups excluding carboxylic acids is 1. The standard InChI is InChI=1S/C18H17N5O2S/c24-16(14-9-21-15(11-3-4-11)23-17(14)25)20-7-5-13-10-26-18(22-13)12-2-1-6-19-8-12/h1-2,6,8-11H,3-5,7H2,(H,20,24)(H,21,23,25). The summed E-state index contributed by atoms with van der Waals surface area (Å²) in [5, 5.41) is 5.62. The van der Waals surface area contributed by atoms with Crippen molar-refractivity contribution >= 4 is 17.2 Å². The number of hydrogen-bond acceptors (Lipinski definition) is 6. The van der Waals surface area contributed by atoms with E-state index in [1.54, 1.807) is 23.7 Å². The van der Waals surface area contributed by atoms with Crippen molar-refractivity contribution in [3.63, 3.8) is 0 Å². The summed E-state index contributed by atoms with van der Waals surface area (Å²) in [4.78, 5) is 39.8. The monoisotopic (exact) mass is 367 g/mol. The predicted molar refractivity (Wildman–Crippen MR) is 98.2 cm³/mol. The molecular formula is C18H17N5O2S. The van der Waals surface area contributed by atoms with Gasteiger partial charge in [-0.2, -0.15) is 0 Å². The van der Waals surface area contributed by atoms with Gasteiger partial charge in [0.2, 0.25) is 0 Å². The molecule has 132 valence electrons. The lowest BCUT2D eigenvalue weighted by Gasteiger charge is -2.04. The molecule has 7 nitrogen and oxygen atoms in total. The van der Waals surface area contributed by atoms with Crippen LogP contribution in [0.2, 0.25) is 0 Å². The number of hydrogen-bond donors (Lipinski definition) is 2. The van der Waals surface area contributed by atoms with E-state index in [-0.39, 0.29) is 11.1 Å². The molecule has 26 heavy (non-hydrogen) atoms. The van der Waals surface area contributed by atoms with E-state index < -0.39 is 5.91 Å². The molecule has 0 atom stereocenters. The molecule has 4 rings (SSSR count). The van der Waals surface area contributed by atoms with E-state index in [0.717, 1.165) is 29.1 Å². The minimum absolute atomic E-state index is 0.0451. The van der Waals surface area contributed by atoms with E-state index in [2.05, 4.69) is 25.3 Å². The maximum absolute atomic E-state index is 12.2. The first-order valence-corrected chi connectivity index (χ1v) is 9.31. The molecule has 3 aromatic rings. The predicted octanol–water partition coefficient (Wildman–Crippen LogP) is 2.14. The van der Waals surface area contributed by atoms with Crippen LogP contribution in [0.15, 0.2) is 40.9 Å². The zero-order chi connectivity index (χ0) is 17.9. The lowest BCUT2D eigenvalue weighted by Crippen LogP contribution is -2.31. The summed E-state index contributed by atoms with van der Waals surface area (Å²) in [6.45, 7) is 0.402. The van der Waals surface area contributed by atoms with Gasteiger partial charge in [0.1, 0.15) is 16.4 Å². The average molecular weight is 367 g/mol. The molecule has 1 aliphatic rings. The quantitative estimate of drug-likeness (QED) is 0.695. The fourth-order valence-electron chi connectivity index (χ4n) is 2.58. The Morgan fingerprint density at radius 1 is 1.35 bits per heavy atom. The fraction of sp³-hybridized carbons (Fsp3) is 0.278. The van der Waals surface area contributed by atoms with E-state index in [1.807, 2.05) is 17.5 Å². The van der Waals surface area contributed by atoms with Gasteiger partial charge in [0.25, 0.3) is 11.5 Å². The van der Waals surface area contributed by atoms with Crippen LogP contribution in [0.4, 0.5) is 0 Å². The van der Waals surface area contributed by atoms with Gasteiger partial charge in [-0.15, -0.1) is 11.3 Å². The molecular weight excluding hydrogens is 350 g/mol. The smallest absolute Gasteiger partial charge is 0.263 e. The Morgan fingerprint density at radius 2 is 2.23 bits per heavy atom. The second-order valence-corrected chi connectivity index (χ2v) is 7.04. The van der Waals surface area contributed by atoms with Gasteiger partial charge < -0.3 is 10.3 Å². The summed E-state index contributed by atoms with van der Waals surface area (Å²) in [6, 6.07) is 3.83. The van der Waals surface area contributed by atoms with Crippen LogP contribution in [0.25, 0.3) is 10.6 Å².